The van der Waals surface area contributed by atoms with E-state index in [0.717, 1.165) is 11.3 Å². The number of benzene rings is 1. The average molecular weight is 231 g/mol. The molecule has 3 nitrogen and oxygen atoms in total. The number of para-hydroxylation sites is 2. The molecule has 0 spiro atoms. The summed E-state index contributed by atoms with van der Waals surface area (Å²) in [4.78, 5) is 4.78. The number of nitrogens with zero attached hydrogens (tertiary/aromatic N) is 2. The molecular weight excluding hydrogens is 210 g/mol. The number of hydrogen-bond donors (Lipinski definition) is 1. The van der Waals surface area contributed by atoms with Crippen molar-refractivity contribution in [3.63, 3.8) is 0 Å². The standard InChI is InChI=1S/C14H21N3/c1-10(15-5)17-12-9-7-6-8-11(12)16-13(17)14(2,3)4/h6-10,15H,1-5H3. The second kappa shape index (κ2) is 4.15. The number of nitrogens with one attached hydrogen (secondary N) is 1. The Bertz CT molecular complexity index is 520. The van der Waals surface area contributed by atoms with Gasteiger partial charge in [-0.3, -0.25) is 0 Å². The SMILES string of the molecule is CNC(C)n1c(C(C)(C)C)nc2ccccc21. The topological polar surface area (TPSA) is 29.9 Å². The third kappa shape index (κ3) is 2.07. The first-order chi connectivity index (χ1) is 7.95. The molecule has 1 aromatic heterocycles. The smallest absolute Gasteiger partial charge is 0.116 e. The van der Waals surface area contributed by atoms with Gasteiger partial charge in [-0.1, -0.05) is 32.9 Å². The summed E-state index contributed by atoms with van der Waals surface area (Å²) in [7, 11) is 1.98. The van der Waals surface area contributed by atoms with Gasteiger partial charge in [0.05, 0.1) is 17.2 Å². The normalized spacial score (nSPS) is 14.2. The fourth-order valence-corrected chi connectivity index (χ4v) is 2.09. The largest absolute Gasteiger partial charge is 0.311 e. The zero-order valence-corrected chi connectivity index (χ0v) is 11.3. The van der Waals surface area contributed by atoms with Crippen LogP contribution in [0.2, 0.25) is 0 Å². The molecule has 1 unspecified atom stereocenters. The highest BCUT2D eigenvalue weighted by Crippen LogP contribution is 2.28. The fourth-order valence-electron chi connectivity index (χ4n) is 2.09. The molecule has 0 saturated heterocycles. The maximum atomic E-state index is 4.78. The summed E-state index contributed by atoms with van der Waals surface area (Å²) in [5, 5.41) is 3.29. The van der Waals surface area contributed by atoms with E-state index in [1.54, 1.807) is 0 Å². The van der Waals surface area contributed by atoms with Crippen molar-refractivity contribution >= 4 is 11.0 Å². The summed E-state index contributed by atoms with van der Waals surface area (Å²) in [6.45, 7) is 8.76. The molecule has 17 heavy (non-hydrogen) atoms. The van der Waals surface area contributed by atoms with Gasteiger partial charge in [0.15, 0.2) is 0 Å². The lowest BCUT2D eigenvalue weighted by Gasteiger charge is -2.24. The quantitative estimate of drug-likeness (QED) is 0.860. The Labute approximate surface area is 103 Å². The Balaban J connectivity index is 2.74. The second-order valence-electron chi connectivity index (χ2n) is 5.51. The number of rotatable bonds is 2. The van der Waals surface area contributed by atoms with E-state index in [9.17, 15) is 0 Å². The Morgan fingerprint density at radius 2 is 1.88 bits per heavy atom. The summed E-state index contributed by atoms with van der Waals surface area (Å²) in [6, 6.07) is 8.31. The molecule has 0 radical (unpaired) electrons. The van der Waals surface area contributed by atoms with Crippen molar-refractivity contribution in [2.45, 2.75) is 39.3 Å². The predicted molar refractivity (Wildman–Crippen MR) is 72.2 cm³/mol. The molecule has 1 N–H and O–H groups in total. The molecule has 0 aliphatic heterocycles. The van der Waals surface area contributed by atoms with Crippen molar-refractivity contribution in [1.29, 1.82) is 0 Å². The highest BCUT2D eigenvalue weighted by Gasteiger charge is 2.24. The summed E-state index contributed by atoms with van der Waals surface area (Å²) in [5.74, 6) is 1.13. The average Bonchev–Trinajstić information content (AvgIpc) is 2.67. The molecule has 2 rings (SSSR count). The van der Waals surface area contributed by atoms with E-state index in [1.807, 2.05) is 13.1 Å². The van der Waals surface area contributed by atoms with Crippen molar-refractivity contribution in [3.05, 3.63) is 30.1 Å². The number of aromatic nitrogens is 2. The van der Waals surface area contributed by atoms with E-state index in [2.05, 4.69) is 55.8 Å². The minimum atomic E-state index is 0.0458. The molecule has 0 bridgehead atoms. The molecule has 0 aliphatic rings. The van der Waals surface area contributed by atoms with Crippen molar-refractivity contribution in [1.82, 2.24) is 14.9 Å². The van der Waals surface area contributed by atoms with Gasteiger partial charge in [0, 0.05) is 5.41 Å². The van der Waals surface area contributed by atoms with Crippen LogP contribution in [0.4, 0.5) is 0 Å². The van der Waals surface area contributed by atoms with Crippen molar-refractivity contribution in [2.75, 3.05) is 7.05 Å². The molecule has 0 saturated carbocycles. The number of imidazole rings is 1. The van der Waals surface area contributed by atoms with E-state index < -0.39 is 0 Å². The monoisotopic (exact) mass is 231 g/mol. The highest BCUT2D eigenvalue weighted by molar-refractivity contribution is 5.76. The van der Waals surface area contributed by atoms with E-state index in [-0.39, 0.29) is 11.6 Å². The summed E-state index contributed by atoms with van der Waals surface area (Å²) < 4.78 is 2.29. The van der Waals surface area contributed by atoms with Crippen LogP contribution >= 0.6 is 0 Å². The summed E-state index contributed by atoms with van der Waals surface area (Å²) in [6.07, 6.45) is 0.247. The zero-order chi connectivity index (χ0) is 12.6. The van der Waals surface area contributed by atoms with Gasteiger partial charge in [0.25, 0.3) is 0 Å². The van der Waals surface area contributed by atoms with Crippen LogP contribution < -0.4 is 5.32 Å². The van der Waals surface area contributed by atoms with Crippen molar-refractivity contribution in [2.24, 2.45) is 0 Å². The van der Waals surface area contributed by atoms with Gasteiger partial charge >= 0.3 is 0 Å². The molecule has 92 valence electrons. The Morgan fingerprint density at radius 1 is 1.24 bits per heavy atom. The molecule has 1 atom stereocenters. The first-order valence-corrected chi connectivity index (χ1v) is 6.10. The van der Waals surface area contributed by atoms with Crippen LogP contribution in [-0.4, -0.2) is 16.6 Å². The van der Waals surface area contributed by atoms with Gasteiger partial charge in [-0.15, -0.1) is 0 Å². The van der Waals surface area contributed by atoms with Crippen LogP contribution in [0, 0.1) is 0 Å². The maximum absolute atomic E-state index is 4.78. The Kier molecular flexibility index (Phi) is 2.96. The number of hydrogen-bond acceptors (Lipinski definition) is 2. The maximum Gasteiger partial charge on any atom is 0.116 e. The fraction of sp³-hybridized carbons (Fsp3) is 0.500. The lowest BCUT2D eigenvalue weighted by atomic mass is 9.95. The zero-order valence-electron chi connectivity index (χ0n) is 11.3. The third-order valence-corrected chi connectivity index (χ3v) is 3.07. The molecular formula is C14H21N3. The van der Waals surface area contributed by atoms with Gasteiger partial charge in [0.2, 0.25) is 0 Å². The molecule has 3 heteroatoms. The minimum Gasteiger partial charge on any atom is -0.311 e. The lowest BCUT2D eigenvalue weighted by Crippen LogP contribution is -2.27. The van der Waals surface area contributed by atoms with Gasteiger partial charge < -0.3 is 9.88 Å². The van der Waals surface area contributed by atoms with Crippen LogP contribution in [0.3, 0.4) is 0 Å². The van der Waals surface area contributed by atoms with Gasteiger partial charge in [-0.05, 0) is 26.1 Å². The first kappa shape index (κ1) is 12.1. The van der Waals surface area contributed by atoms with Crippen LogP contribution in [0.25, 0.3) is 11.0 Å². The van der Waals surface area contributed by atoms with Crippen molar-refractivity contribution in [3.8, 4) is 0 Å². The molecule has 1 heterocycles. The Morgan fingerprint density at radius 3 is 2.47 bits per heavy atom. The van der Waals surface area contributed by atoms with Gasteiger partial charge in [-0.2, -0.15) is 0 Å². The van der Waals surface area contributed by atoms with Gasteiger partial charge in [-0.25, -0.2) is 4.98 Å². The van der Waals surface area contributed by atoms with Crippen molar-refractivity contribution < 1.29 is 0 Å². The first-order valence-electron chi connectivity index (χ1n) is 6.10. The van der Waals surface area contributed by atoms with E-state index >= 15 is 0 Å². The third-order valence-electron chi connectivity index (χ3n) is 3.07. The van der Waals surface area contributed by atoms with E-state index in [4.69, 9.17) is 4.98 Å². The van der Waals surface area contributed by atoms with Crippen LogP contribution in [0.15, 0.2) is 24.3 Å². The van der Waals surface area contributed by atoms with Gasteiger partial charge in [0.1, 0.15) is 5.82 Å². The second-order valence-corrected chi connectivity index (χ2v) is 5.51. The molecule has 2 aromatic rings. The predicted octanol–water partition coefficient (Wildman–Crippen LogP) is 3.07. The minimum absolute atomic E-state index is 0.0458. The number of fused-ring (bicyclic) bond motifs is 1. The summed E-state index contributed by atoms with van der Waals surface area (Å²) in [5.41, 5.74) is 2.31. The molecule has 0 amide bonds. The van der Waals surface area contributed by atoms with E-state index in [1.165, 1.54) is 5.52 Å². The summed E-state index contributed by atoms with van der Waals surface area (Å²) >= 11 is 0. The highest BCUT2D eigenvalue weighted by atomic mass is 15.2. The van der Waals surface area contributed by atoms with Crippen LogP contribution in [-0.2, 0) is 5.41 Å². The molecule has 0 fully saturated rings. The molecule has 0 aliphatic carbocycles. The van der Waals surface area contributed by atoms with Crippen LogP contribution in [0.1, 0.15) is 39.7 Å². The molecule has 1 aromatic carbocycles. The Hall–Kier alpha value is -1.35. The van der Waals surface area contributed by atoms with E-state index in [0.29, 0.717) is 0 Å². The van der Waals surface area contributed by atoms with Crippen LogP contribution in [0.5, 0.6) is 0 Å². The lowest BCUT2D eigenvalue weighted by molar-refractivity contribution is 0.424.